The maximum Gasteiger partial charge on any atom is 0.190 e. The maximum absolute atomic E-state index is 5.22. The molecule has 1 atom stereocenters. The van der Waals surface area contributed by atoms with Crippen LogP contribution < -0.4 is 16.8 Å². The molecule has 4 nitrogen and oxygen atoms in total. The van der Waals surface area contributed by atoms with Crippen molar-refractivity contribution in [2.75, 3.05) is 6.54 Å². The SMILES string of the molecule is CC1CCc2cc(CNC/C=C/N=C(N)N)ccc21. The van der Waals surface area contributed by atoms with Crippen LogP contribution in [0.1, 0.15) is 36.0 Å². The number of rotatable bonds is 5. The molecule has 1 aromatic rings. The number of nitrogens with zero attached hydrogens (tertiary/aromatic N) is 1. The molecule has 5 N–H and O–H groups in total. The van der Waals surface area contributed by atoms with Crippen LogP contribution >= 0.6 is 0 Å². The molecule has 19 heavy (non-hydrogen) atoms. The lowest BCUT2D eigenvalue weighted by Crippen LogP contribution is -2.21. The largest absolute Gasteiger partial charge is 0.370 e. The van der Waals surface area contributed by atoms with Gasteiger partial charge in [0.15, 0.2) is 5.96 Å². The van der Waals surface area contributed by atoms with Crippen molar-refractivity contribution in [3.8, 4) is 0 Å². The fourth-order valence-electron chi connectivity index (χ4n) is 2.49. The van der Waals surface area contributed by atoms with E-state index in [0.29, 0.717) is 0 Å². The highest BCUT2D eigenvalue weighted by molar-refractivity contribution is 5.76. The smallest absolute Gasteiger partial charge is 0.190 e. The van der Waals surface area contributed by atoms with Gasteiger partial charge in [0.2, 0.25) is 0 Å². The maximum atomic E-state index is 5.22. The van der Waals surface area contributed by atoms with Gasteiger partial charge in [0.05, 0.1) is 0 Å². The number of benzene rings is 1. The van der Waals surface area contributed by atoms with Crippen molar-refractivity contribution >= 4 is 5.96 Å². The number of nitrogens with two attached hydrogens (primary N) is 2. The monoisotopic (exact) mass is 258 g/mol. The van der Waals surface area contributed by atoms with Crippen LogP contribution in [0.25, 0.3) is 0 Å². The van der Waals surface area contributed by atoms with Crippen LogP contribution in [0.2, 0.25) is 0 Å². The summed E-state index contributed by atoms with van der Waals surface area (Å²) in [5, 5.41) is 3.34. The second kappa shape index (κ2) is 6.38. The van der Waals surface area contributed by atoms with Gasteiger partial charge in [-0.15, -0.1) is 0 Å². The van der Waals surface area contributed by atoms with Gasteiger partial charge in [-0.05, 0) is 35.4 Å². The number of hydrogen-bond donors (Lipinski definition) is 3. The summed E-state index contributed by atoms with van der Waals surface area (Å²) in [4.78, 5) is 3.78. The summed E-state index contributed by atoms with van der Waals surface area (Å²) in [7, 11) is 0. The Hall–Kier alpha value is -1.81. The fraction of sp³-hybridized carbons (Fsp3) is 0.400. The first-order valence-electron chi connectivity index (χ1n) is 6.73. The molecule has 2 rings (SSSR count). The summed E-state index contributed by atoms with van der Waals surface area (Å²) in [6, 6.07) is 6.82. The Morgan fingerprint density at radius 2 is 2.32 bits per heavy atom. The van der Waals surface area contributed by atoms with Crippen molar-refractivity contribution in [3.63, 3.8) is 0 Å². The summed E-state index contributed by atoms with van der Waals surface area (Å²) in [6.07, 6.45) is 6.02. The molecule has 0 saturated heterocycles. The third-order valence-electron chi connectivity index (χ3n) is 3.51. The lowest BCUT2D eigenvalue weighted by Gasteiger charge is -2.07. The minimum atomic E-state index is 0.0870. The van der Waals surface area contributed by atoms with Crippen LogP contribution in [-0.4, -0.2) is 12.5 Å². The standard InChI is InChI=1S/C15H22N4/c1-11-3-5-13-9-12(4-6-14(11)13)10-18-7-2-8-19-15(16)17/h2,4,6,8-9,11,18H,3,5,7,10H2,1H3,(H4,16,17,19)/b8-2+. The van der Waals surface area contributed by atoms with Crippen molar-refractivity contribution in [1.82, 2.24) is 5.32 Å². The Morgan fingerprint density at radius 3 is 3.11 bits per heavy atom. The molecule has 0 bridgehead atoms. The first-order chi connectivity index (χ1) is 9.16. The molecule has 1 unspecified atom stereocenters. The van der Waals surface area contributed by atoms with Crippen molar-refractivity contribution in [3.05, 3.63) is 47.2 Å². The second-order valence-corrected chi connectivity index (χ2v) is 5.04. The highest BCUT2D eigenvalue weighted by Crippen LogP contribution is 2.32. The zero-order valence-corrected chi connectivity index (χ0v) is 11.4. The quantitative estimate of drug-likeness (QED) is 0.426. The topological polar surface area (TPSA) is 76.4 Å². The van der Waals surface area contributed by atoms with Gasteiger partial charge >= 0.3 is 0 Å². The third kappa shape index (κ3) is 3.83. The normalized spacial score (nSPS) is 17.6. The lowest BCUT2D eigenvalue weighted by atomic mass is 10.0. The summed E-state index contributed by atoms with van der Waals surface area (Å²) in [6.45, 7) is 3.93. The molecule has 0 aliphatic heterocycles. The van der Waals surface area contributed by atoms with Crippen molar-refractivity contribution < 1.29 is 0 Å². The zero-order valence-electron chi connectivity index (χ0n) is 11.4. The van der Waals surface area contributed by atoms with Crippen LogP contribution in [0.15, 0.2) is 35.5 Å². The molecule has 0 saturated carbocycles. The van der Waals surface area contributed by atoms with E-state index in [1.807, 2.05) is 6.08 Å². The number of aryl methyl sites for hydroxylation is 1. The van der Waals surface area contributed by atoms with E-state index in [0.717, 1.165) is 19.0 Å². The molecule has 1 aromatic carbocycles. The van der Waals surface area contributed by atoms with Gasteiger partial charge in [0.25, 0.3) is 0 Å². The molecular formula is C15H22N4. The van der Waals surface area contributed by atoms with Gasteiger partial charge in [-0.3, -0.25) is 0 Å². The fourth-order valence-corrected chi connectivity index (χ4v) is 2.49. The molecule has 0 aromatic heterocycles. The van der Waals surface area contributed by atoms with Gasteiger partial charge in [-0.1, -0.05) is 31.2 Å². The van der Waals surface area contributed by atoms with E-state index in [-0.39, 0.29) is 5.96 Å². The Morgan fingerprint density at radius 1 is 1.47 bits per heavy atom. The van der Waals surface area contributed by atoms with Gasteiger partial charge in [-0.2, -0.15) is 0 Å². The minimum Gasteiger partial charge on any atom is -0.370 e. The van der Waals surface area contributed by atoms with E-state index < -0.39 is 0 Å². The van der Waals surface area contributed by atoms with Gasteiger partial charge in [0, 0.05) is 19.3 Å². The van der Waals surface area contributed by atoms with Gasteiger partial charge in [-0.25, -0.2) is 4.99 Å². The van der Waals surface area contributed by atoms with Crippen molar-refractivity contribution in [2.24, 2.45) is 16.5 Å². The van der Waals surface area contributed by atoms with Gasteiger partial charge < -0.3 is 16.8 Å². The van der Waals surface area contributed by atoms with Crippen LogP contribution in [0.5, 0.6) is 0 Å². The summed E-state index contributed by atoms with van der Waals surface area (Å²) < 4.78 is 0. The first kappa shape index (κ1) is 13.6. The van der Waals surface area contributed by atoms with Crippen LogP contribution in [0.4, 0.5) is 0 Å². The average Bonchev–Trinajstić information content (AvgIpc) is 2.75. The molecule has 0 radical (unpaired) electrons. The third-order valence-corrected chi connectivity index (χ3v) is 3.51. The lowest BCUT2D eigenvalue weighted by molar-refractivity contribution is 0.747. The molecule has 0 spiro atoms. The number of hydrogen-bond acceptors (Lipinski definition) is 2. The molecule has 1 aliphatic rings. The highest BCUT2D eigenvalue weighted by Gasteiger charge is 2.17. The molecule has 0 fully saturated rings. The number of nitrogens with one attached hydrogen (secondary N) is 1. The summed E-state index contributed by atoms with van der Waals surface area (Å²) in [5.74, 6) is 0.809. The Kier molecular flexibility index (Phi) is 4.58. The molecular weight excluding hydrogens is 236 g/mol. The van der Waals surface area contributed by atoms with E-state index in [1.165, 1.54) is 29.5 Å². The predicted octanol–water partition coefficient (Wildman–Crippen LogP) is 1.61. The number of guanidine groups is 1. The predicted molar refractivity (Wildman–Crippen MR) is 79.8 cm³/mol. The Balaban J connectivity index is 1.81. The molecule has 102 valence electrons. The molecule has 0 amide bonds. The van der Waals surface area contributed by atoms with Crippen molar-refractivity contribution in [2.45, 2.75) is 32.2 Å². The van der Waals surface area contributed by atoms with E-state index in [4.69, 9.17) is 11.5 Å². The van der Waals surface area contributed by atoms with E-state index in [1.54, 1.807) is 6.20 Å². The van der Waals surface area contributed by atoms with Crippen LogP contribution in [-0.2, 0) is 13.0 Å². The van der Waals surface area contributed by atoms with E-state index >= 15 is 0 Å². The number of aliphatic imine (C=N–C) groups is 1. The Bertz CT molecular complexity index is 487. The molecule has 4 heteroatoms. The summed E-state index contributed by atoms with van der Waals surface area (Å²) >= 11 is 0. The zero-order chi connectivity index (χ0) is 13.7. The van der Waals surface area contributed by atoms with E-state index in [2.05, 4.69) is 35.4 Å². The minimum absolute atomic E-state index is 0.0870. The average molecular weight is 258 g/mol. The molecule has 1 aliphatic carbocycles. The molecule has 0 heterocycles. The highest BCUT2D eigenvalue weighted by atomic mass is 15.0. The van der Waals surface area contributed by atoms with Crippen molar-refractivity contribution in [1.29, 1.82) is 0 Å². The van der Waals surface area contributed by atoms with Crippen LogP contribution in [0.3, 0.4) is 0 Å². The van der Waals surface area contributed by atoms with E-state index in [9.17, 15) is 0 Å². The summed E-state index contributed by atoms with van der Waals surface area (Å²) in [5.41, 5.74) is 14.8. The van der Waals surface area contributed by atoms with Crippen LogP contribution in [0, 0.1) is 0 Å². The Labute approximate surface area is 114 Å². The second-order valence-electron chi connectivity index (χ2n) is 5.04. The van der Waals surface area contributed by atoms with Gasteiger partial charge in [0.1, 0.15) is 0 Å². The number of fused-ring (bicyclic) bond motifs is 1. The first-order valence-corrected chi connectivity index (χ1v) is 6.73.